The maximum absolute atomic E-state index is 6.15. The summed E-state index contributed by atoms with van der Waals surface area (Å²) in [5.41, 5.74) is 6.54. The monoisotopic (exact) mass is 291 g/mol. The van der Waals surface area contributed by atoms with Crippen molar-refractivity contribution >= 4 is 11.6 Å². The molecule has 2 aromatic rings. The van der Waals surface area contributed by atoms with Gasteiger partial charge in [-0.2, -0.15) is 0 Å². The van der Waals surface area contributed by atoms with Crippen molar-refractivity contribution in [2.75, 3.05) is 6.61 Å². The first-order valence-corrected chi connectivity index (χ1v) is 7.00. The maximum Gasteiger partial charge on any atom is 0.146 e. The minimum absolute atomic E-state index is 0.462. The van der Waals surface area contributed by atoms with Crippen molar-refractivity contribution in [1.82, 2.24) is 0 Å². The Morgan fingerprint density at radius 1 is 1.05 bits per heavy atom. The van der Waals surface area contributed by atoms with Gasteiger partial charge in [-0.15, -0.1) is 0 Å². The molecule has 2 aromatic carbocycles. The molecule has 0 aliphatic carbocycles. The second-order valence-electron chi connectivity index (χ2n) is 4.39. The first kappa shape index (κ1) is 14.7. The van der Waals surface area contributed by atoms with Crippen LogP contribution in [0.25, 0.3) is 0 Å². The Balaban J connectivity index is 2.06. The number of nitrogens with two attached hydrogens (primary N) is 1. The lowest BCUT2D eigenvalue weighted by Crippen LogP contribution is -1.96. The second kappa shape index (κ2) is 7.17. The molecule has 0 unspecified atom stereocenters. The lowest BCUT2D eigenvalue weighted by atomic mass is 10.2. The first-order chi connectivity index (χ1) is 9.72. The van der Waals surface area contributed by atoms with Crippen LogP contribution >= 0.6 is 11.6 Å². The van der Waals surface area contributed by atoms with E-state index in [0.717, 1.165) is 23.5 Å². The largest absolute Gasteiger partial charge is 0.494 e. The summed E-state index contributed by atoms with van der Waals surface area (Å²) in [6.45, 7) is 3.25. The molecule has 2 rings (SSSR count). The molecule has 0 radical (unpaired) electrons. The zero-order valence-electron chi connectivity index (χ0n) is 11.4. The molecular formula is C16H18ClNO2. The summed E-state index contributed by atoms with van der Waals surface area (Å²) >= 11 is 6.15. The van der Waals surface area contributed by atoms with Gasteiger partial charge >= 0.3 is 0 Å². The van der Waals surface area contributed by atoms with Crippen molar-refractivity contribution in [3.8, 4) is 17.2 Å². The lowest BCUT2D eigenvalue weighted by molar-refractivity contribution is 0.317. The third-order valence-electron chi connectivity index (χ3n) is 2.76. The number of rotatable bonds is 6. The molecule has 0 fully saturated rings. The van der Waals surface area contributed by atoms with Crippen LogP contribution < -0.4 is 15.2 Å². The van der Waals surface area contributed by atoms with Crippen LogP contribution in [-0.4, -0.2) is 6.61 Å². The predicted molar refractivity (Wildman–Crippen MR) is 81.6 cm³/mol. The minimum atomic E-state index is 0.462. The van der Waals surface area contributed by atoms with E-state index in [9.17, 15) is 0 Å². The van der Waals surface area contributed by atoms with E-state index in [0.29, 0.717) is 23.9 Å². The van der Waals surface area contributed by atoms with E-state index < -0.39 is 0 Å². The third-order valence-corrected chi connectivity index (χ3v) is 3.05. The van der Waals surface area contributed by atoms with Crippen LogP contribution in [0.3, 0.4) is 0 Å². The average Bonchev–Trinajstić information content (AvgIpc) is 2.48. The molecule has 0 heterocycles. The average molecular weight is 292 g/mol. The Hall–Kier alpha value is -1.71. The highest BCUT2D eigenvalue weighted by Crippen LogP contribution is 2.30. The summed E-state index contributed by atoms with van der Waals surface area (Å²) in [6.07, 6.45) is 0.987. The lowest BCUT2D eigenvalue weighted by Gasteiger charge is -2.10. The quantitative estimate of drug-likeness (QED) is 0.859. The van der Waals surface area contributed by atoms with Crippen molar-refractivity contribution in [2.45, 2.75) is 19.9 Å². The normalized spacial score (nSPS) is 10.3. The Kier molecular flexibility index (Phi) is 5.27. The van der Waals surface area contributed by atoms with Crippen LogP contribution in [0.15, 0.2) is 42.5 Å². The molecular weight excluding hydrogens is 274 g/mol. The molecule has 0 saturated carbocycles. The van der Waals surface area contributed by atoms with E-state index in [4.69, 9.17) is 26.8 Å². The maximum atomic E-state index is 6.15. The Labute approximate surface area is 124 Å². The van der Waals surface area contributed by atoms with Crippen LogP contribution in [0, 0.1) is 0 Å². The summed E-state index contributed by atoms with van der Waals surface area (Å²) in [6, 6.07) is 13.0. The second-order valence-corrected chi connectivity index (χ2v) is 4.80. The molecule has 0 spiro atoms. The summed E-state index contributed by atoms with van der Waals surface area (Å²) in [7, 11) is 0. The summed E-state index contributed by atoms with van der Waals surface area (Å²) in [4.78, 5) is 0. The van der Waals surface area contributed by atoms with Crippen LogP contribution in [-0.2, 0) is 6.54 Å². The number of ether oxygens (including phenoxy) is 2. The van der Waals surface area contributed by atoms with Gasteiger partial charge in [0.05, 0.1) is 11.6 Å². The van der Waals surface area contributed by atoms with Gasteiger partial charge in [-0.25, -0.2) is 0 Å². The minimum Gasteiger partial charge on any atom is -0.494 e. The molecule has 0 bridgehead atoms. The highest BCUT2D eigenvalue weighted by molar-refractivity contribution is 6.32. The molecule has 0 aromatic heterocycles. The van der Waals surface area contributed by atoms with Gasteiger partial charge in [0, 0.05) is 6.54 Å². The van der Waals surface area contributed by atoms with Crippen LogP contribution in [0.1, 0.15) is 18.9 Å². The van der Waals surface area contributed by atoms with E-state index in [-0.39, 0.29) is 0 Å². The molecule has 0 atom stereocenters. The third kappa shape index (κ3) is 3.89. The van der Waals surface area contributed by atoms with E-state index in [1.54, 1.807) is 0 Å². The van der Waals surface area contributed by atoms with E-state index in [1.807, 2.05) is 42.5 Å². The van der Waals surface area contributed by atoms with Gasteiger partial charge in [-0.1, -0.05) is 24.6 Å². The number of hydrogen-bond acceptors (Lipinski definition) is 3. The molecule has 0 aliphatic heterocycles. The molecule has 20 heavy (non-hydrogen) atoms. The Morgan fingerprint density at radius 3 is 2.35 bits per heavy atom. The summed E-state index contributed by atoms with van der Waals surface area (Å²) < 4.78 is 11.3. The van der Waals surface area contributed by atoms with Gasteiger partial charge in [0.1, 0.15) is 17.2 Å². The topological polar surface area (TPSA) is 44.5 Å². The predicted octanol–water partition coefficient (Wildman–Crippen LogP) is 4.38. The number of hydrogen-bond donors (Lipinski definition) is 1. The molecule has 0 saturated heterocycles. The van der Waals surface area contributed by atoms with Gasteiger partial charge in [0.2, 0.25) is 0 Å². The first-order valence-electron chi connectivity index (χ1n) is 6.62. The SMILES string of the molecule is CCCOc1ccc(Oc2ccc(CN)cc2Cl)cc1. The Bertz CT molecular complexity index is 555. The van der Waals surface area contributed by atoms with Gasteiger partial charge in [-0.3, -0.25) is 0 Å². The zero-order valence-corrected chi connectivity index (χ0v) is 12.2. The molecule has 106 valence electrons. The fourth-order valence-electron chi connectivity index (χ4n) is 1.70. The summed E-state index contributed by atoms with van der Waals surface area (Å²) in [5, 5.41) is 0.555. The van der Waals surface area contributed by atoms with Gasteiger partial charge in [-0.05, 0) is 48.4 Å². The highest BCUT2D eigenvalue weighted by Gasteiger charge is 2.04. The van der Waals surface area contributed by atoms with E-state index in [2.05, 4.69) is 6.92 Å². The zero-order chi connectivity index (χ0) is 14.4. The van der Waals surface area contributed by atoms with Crippen LogP contribution in [0.4, 0.5) is 0 Å². The van der Waals surface area contributed by atoms with Crippen molar-refractivity contribution < 1.29 is 9.47 Å². The van der Waals surface area contributed by atoms with Crippen molar-refractivity contribution in [3.63, 3.8) is 0 Å². The van der Waals surface area contributed by atoms with Gasteiger partial charge in [0.15, 0.2) is 0 Å². The van der Waals surface area contributed by atoms with E-state index >= 15 is 0 Å². The van der Waals surface area contributed by atoms with Gasteiger partial charge in [0.25, 0.3) is 0 Å². The van der Waals surface area contributed by atoms with E-state index in [1.165, 1.54) is 0 Å². The van der Waals surface area contributed by atoms with Crippen molar-refractivity contribution in [2.24, 2.45) is 5.73 Å². The standard InChI is InChI=1S/C16H18ClNO2/c1-2-9-19-13-4-6-14(7-5-13)20-16-8-3-12(11-18)10-15(16)17/h3-8,10H,2,9,11,18H2,1H3. The molecule has 3 nitrogen and oxygen atoms in total. The molecule has 0 aliphatic rings. The summed E-state index contributed by atoms with van der Waals surface area (Å²) in [5.74, 6) is 2.17. The smallest absolute Gasteiger partial charge is 0.146 e. The molecule has 0 amide bonds. The van der Waals surface area contributed by atoms with Gasteiger partial charge < -0.3 is 15.2 Å². The van der Waals surface area contributed by atoms with Crippen molar-refractivity contribution in [1.29, 1.82) is 0 Å². The molecule has 2 N–H and O–H groups in total. The van der Waals surface area contributed by atoms with Crippen LogP contribution in [0.2, 0.25) is 5.02 Å². The fraction of sp³-hybridized carbons (Fsp3) is 0.250. The molecule has 4 heteroatoms. The number of benzene rings is 2. The number of halogens is 1. The Morgan fingerprint density at radius 2 is 1.75 bits per heavy atom. The fourth-order valence-corrected chi connectivity index (χ4v) is 1.95. The van der Waals surface area contributed by atoms with Crippen LogP contribution in [0.5, 0.6) is 17.2 Å². The van der Waals surface area contributed by atoms with Crippen molar-refractivity contribution in [3.05, 3.63) is 53.1 Å². The highest BCUT2D eigenvalue weighted by atomic mass is 35.5.